The van der Waals surface area contributed by atoms with E-state index in [1.165, 1.54) is 0 Å². The number of nitrogens with two attached hydrogens (primary N) is 1. The number of aliphatic hydroxyl groups is 23. The molecule has 16 bridgehead atoms. The molecule has 30 heterocycles. The van der Waals surface area contributed by atoms with E-state index in [2.05, 4.69) is 0 Å². The van der Waals surface area contributed by atoms with Crippen molar-refractivity contribution in [2.45, 2.75) is 246 Å². The molecule has 0 radical (unpaired) electrons. The summed E-state index contributed by atoms with van der Waals surface area (Å²) in [6.45, 7) is -8.06. The third-order valence-corrected chi connectivity index (χ3v) is 16.9. The Bertz CT molecular complexity index is 1950. The van der Waals surface area contributed by atoms with E-state index in [4.69, 9.17) is 99.0 Å². The van der Waals surface area contributed by atoms with E-state index in [1.54, 1.807) is 0 Å². The number of aliphatic hydroxyl groups excluding tert-OH is 23. The van der Waals surface area contributed by atoms with E-state index in [-0.39, 0.29) is 0 Å². The smallest absolute Gasteiger partial charge is 0.187 e. The maximum absolute atomic E-state index is 11.4. The topological polar surface area (TPSA) is 719 Å². The van der Waals surface area contributed by atoms with Crippen LogP contribution in [-0.2, 0) is 86.2 Å². The van der Waals surface area contributed by atoms with Crippen molar-refractivity contribution in [1.29, 1.82) is 0 Å². The normalized spacial score (nSPS) is 53.0. The molecule has 40 atom stereocenters. The van der Waals surface area contributed by atoms with Crippen LogP contribution in [0, 0.1) is 0 Å². The van der Waals surface area contributed by atoms with Crippen LogP contribution >= 0.6 is 0 Å². The Morgan fingerprint density at radius 1 is 0.226 bits per heavy atom. The lowest BCUT2D eigenvalue weighted by Gasteiger charge is -2.50. The molecule has 0 aliphatic carbocycles. The molecule has 30 aliphatic rings. The Labute approximate surface area is 524 Å². The Morgan fingerprint density at radius 2 is 0.333 bits per heavy atom. The van der Waals surface area contributed by atoms with Crippen molar-refractivity contribution < 1.29 is 211 Å². The molecule has 0 aromatic rings. The van der Waals surface area contributed by atoms with Gasteiger partial charge in [0.2, 0.25) is 0 Å². The summed E-state index contributed by atoms with van der Waals surface area (Å²) in [5, 5.41) is 255. The van der Waals surface area contributed by atoms with E-state index in [1.807, 2.05) is 0 Å². The summed E-state index contributed by atoms with van der Waals surface area (Å²) in [6.07, 6.45) is -80.9. The molecular formula is C48H81NO43S-2. The molecule has 45 heteroatoms. The quantitative estimate of drug-likeness (QED) is 0.0793. The molecule has 25 N–H and O–H groups in total. The van der Waals surface area contributed by atoms with Gasteiger partial charge in [0.25, 0.3) is 0 Å². The van der Waals surface area contributed by atoms with Crippen LogP contribution in [0.4, 0.5) is 0 Å². The highest BCUT2D eigenvalue weighted by atomic mass is 32.3. The van der Waals surface area contributed by atoms with Gasteiger partial charge >= 0.3 is 0 Å². The molecule has 0 unspecified atom stereocenters. The minimum atomic E-state index is -5.17. The van der Waals surface area contributed by atoms with Gasteiger partial charge in [-0.1, -0.05) is 0 Å². The van der Waals surface area contributed by atoms with Gasteiger partial charge < -0.3 is 208 Å². The number of hydrogen-bond acceptors (Lipinski definition) is 44. The van der Waals surface area contributed by atoms with Gasteiger partial charge in [-0.15, -0.1) is 0 Å². The highest BCUT2D eigenvalue weighted by Gasteiger charge is 2.60. The molecule has 0 aromatic heterocycles. The molecule has 0 amide bonds. The molecule has 30 saturated heterocycles. The molecule has 44 nitrogen and oxygen atoms in total. The lowest BCUT2D eigenvalue weighted by atomic mass is 9.94. The highest BCUT2D eigenvalue weighted by Crippen LogP contribution is 2.40. The zero-order valence-corrected chi connectivity index (χ0v) is 49.0. The van der Waals surface area contributed by atoms with Crippen molar-refractivity contribution >= 4 is 10.4 Å². The van der Waals surface area contributed by atoms with Gasteiger partial charge in [-0.3, -0.25) is 8.42 Å². The fraction of sp³-hybridized carbons (Fsp3) is 1.00. The van der Waals surface area contributed by atoms with Crippen molar-refractivity contribution in [2.24, 2.45) is 5.73 Å². The van der Waals surface area contributed by atoms with E-state index in [0.29, 0.717) is 0 Å². The SMILES string of the molecule is NC[C@H]1O[C@@H]2O[C@H]3[C@H](O)[C@@H](O)[C@@H](O[C@H]4[C@H](O)[C@@H](O)[C@@H](O[C@H]5[C@H](O)[C@@H](O)[C@@H](O[C@H]6[C@H](O)[C@@H](O)[C@@H](O[C@H]7[C@H](O)[C@@H](O)[C@@H](O[C@H]8[C@H](O)[C@@H](O)[C@@H](O[C@H]9[C@H](O)[C@@H](O)[C@@H](O[C@H]1[C@H](O)[C@H]2O)O[C@@H]9CO)O[C@@H]8CO)O[C@@H]7CO)O[C@@H]6CO)O[C@@H]5CO)O[C@@H]4CO)O[C@@H]3CO.O=S(=O)([O-])[O-]. The molecule has 93 heavy (non-hydrogen) atoms. The van der Waals surface area contributed by atoms with Crippen LogP contribution in [0.25, 0.3) is 0 Å². The second-order valence-electron chi connectivity index (χ2n) is 22.9. The molecule has 0 spiro atoms. The maximum atomic E-state index is 11.4. The van der Waals surface area contributed by atoms with E-state index in [9.17, 15) is 117 Å². The van der Waals surface area contributed by atoms with E-state index < -0.39 is 309 Å². The first-order valence-electron chi connectivity index (χ1n) is 28.9. The van der Waals surface area contributed by atoms with Crippen molar-refractivity contribution in [3.8, 4) is 0 Å². The van der Waals surface area contributed by atoms with Crippen molar-refractivity contribution in [3.05, 3.63) is 0 Å². The fourth-order valence-corrected chi connectivity index (χ4v) is 11.9. The molecule has 30 rings (SSSR count). The molecule has 0 saturated carbocycles. The number of rotatable bonds is 8. The number of hydrogen-bond donors (Lipinski definition) is 24. The van der Waals surface area contributed by atoms with Crippen LogP contribution in [0.15, 0.2) is 0 Å². The lowest BCUT2D eigenvalue weighted by Crippen LogP contribution is -2.69. The van der Waals surface area contributed by atoms with Crippen molar-refractivity contribution in [2.75, 3.05) is 52.8 Å². The first-order valence-corrected chi connectivity index (χ1v) is 30.2. The molecular weight excluding hydrogens is 1310 g/mol. The second-order valence-corrected chi connectivity index (χ2v) is 23.7. The molecule has 544 valence electrons. The summed E-state index contributed by atoms with van der Waals surface area (Å²) in [5.41, 5.74) is 5.96. The molecule has 30 fully saturated rings. The van der Waals surface area contributed by atoms with Crippen LogP contribution in [0.1, 0.15) is 0 Å². The average molecular weight is 1390 g/mol. The maximum Gasteiger partial charge on any atom is 0.187 e. The minimum absolute atomic E-state index is 0.580. The van der Waals surface area contributed by atoms with E-state index in [0.717, 1.165) is 0 Å². The lowest BCUT2D eigenvalue weighted by molar-refractivity contribution is -0.403. The van der Waals surface area contributed by atoms with Gasteiger partial charge in [-0.2, -0.15) is 0 Å². The standard InChI is InChI=1S/C48H81NO39.H2O4S/c49-1-9-33-17(57)25(65)41(73-9)82-34-10(2-50)75-43(27(67)19(34)59)84-36-12(4-52)77-45(29(69)21(36)61)86-38-14(6-54)79-47(31(71)23(38)63)88-40-16(8-56)80-48(32(72)24(40)64)87-39-15(7-55)78-46(30(70)22(39)62)85-37-13(5-53)76-44(28(68)20(37)60)83-35-11(3-51)74-42(81-33)26(66)18(35)58;1-5(2,3)4/h9-48,50-72H,1-8,49H2;(H2,1,2,3,4)/p-2/t9-,10-,11-,12-,13-,14-,15-,16-,17-,18-,19-,20-,21-,22-,23-,24-,25-,26-,27-,28-,29-,30-,31-,32-,33-,34-,35-,36-,37-,38-,39-,40-,41-,42-,43-,44-,45-,46-,47-,48-;/m1./s1. The van der Waals surface area contributed by atoms with Gasteiger partial charge in [-0.05, 0) is 0 Å². The largest absolute Gasteiger partial charge is 0.759 e. The minimum Gasteiger partial charge on any atom is -0.759 e. The Balaban J connectivity index is 0.00000214. The van der Waals surface area contributed by atoms with Crippen LogP contribution in [0.2, 0.25) is 0 Å². The first kappa shape index (κ1) is 77.0. The van der Waals surface area contributed by atoms with Crippen LogP contribution in [-0.4, -0.2) is 433 Å². The Hall–Kier alpha value is -1.73. The van der Waals surface area contributed by atoms with Crippen LogP contribution < -0.4 is 5.73 Å². The average Bonchev–Trinajstić information content (AvgIpc) is 0.828. The Morgan fingerprint density at radius 3 is 0.441 bits per heavy atom. The van der Waals surface area contributed by atoms with Crippen LogP contribution in [0.3, 0.4) is 0 Å². The monoisotopic (exact) mass is 1390 g/mol. The third-order valence-electron chi connectivity index (χ3n) is 16.9. The van der Waals surface area contributed by atoms with Gasteiger partial charge in [0.05, 0.1) is 46.2 Å². The predicted octanol–water partition coefficient (Wildman–Crippen LogP) is -18.8. The second kappa shape index (κ2) is 32.7. The zero-order chi connectivity index (χ0) is 68.6. The first-order chi connectivity index (χ1) is 43.9. The van der Waals surface area contributed by atoms with Gasteiger partial charge in [0.15, 0.2) is 50.3 Å². The number of ether oxygens (including phenoxy) is 16. The van der Waals surface area contributed by atoms with Crippen molar-refractivity contribution in [1.82, 2.24) is 0 Å². The summed E-state index contributed by atoms with van der Waals surface area (Å²) < 4.78 is 126. The predicted molar refractivity (Wildman–Crippen MR) is 274 cm³/mol. The zero-order valence-electron chi connectivity index (χ0n) is 48.2. The summed E-state index contributed by atoms with van der Waals surface area (Å²) in [7, 11) is -5.17. The summed E-state index contributed by atoms with van der Waals surface area (Å²) in [6, 6.07) is 0. The highest BCUT2D eigenvalue weighted by molar-refractivity contribution is 7.79. The molecule has 0 aromatic carbocycles. The molecule has 30 aliphatic heterocycles. The van der Waals surface area contributed by atoms with Crippen molar-refractivity contribution in [3.63, 3.8) is 0 Å². The third kappa shape index (κ3) is 16.5. The van der Waals surface area contributed by atoms with Gasteiger partial charge in [0, 0.05) is 16.9 Å². The summed E-state index contributed by atoms with van der Waals surface area (Å²) >= 11 is 0. The van der Waals surface area contributed by atoms with Gasteiger partial charge in [0.1, 0.15) is 195 Å². The Kier molecular flexibility index (Phi) is 27.1. The summed E-state index contributed by atoms with van der Waals surface area (Å²) in [5.74, 6) is 0. The summed E-state index contributed by atoms with van der Waals surface area (Å²) in [4.78, 5) is 0. The van der Waals surface area contributed by atoms with E-state index >= 15 is 0 Å². The fourth-order valence-electron chi connectivity index (χ4n) is 11.9. The van der Waals surface area contributed by atoms with Gasteiger partial charge in [-0.25, -0.2) is 0 Å². The van der Waals surface area contributed by atoms with Crippen LogP contribution in [0.5, 0.6) is 0 Å².